The highest BCUT2D eigenvalue weighted by molar-refractivity contribution is 5.90. The van der Waals surface area contributed by atoms with Gasteiger partial charge in [0.05, 0.1) is 12.6 Å². The van der Waals surface area contributed by atoms with Crippen molar-refractivity contribution in [2.75, 3.05) is 33.4 Å². The van der Waals surface area contributed by atoms with Gasteiger partial charge in [0.2, 0.25) is 11.8 Å². The Bertz CT molecular complexity index is 1610. The Kier molecular flexibility index (Phi) is 16.9. The summed E-state index contributed by atoms with van der Waals surface area (Å²) in [6, 6.07) is 15.4. The van der Waals surface area contributed by atoms with Crippen LogP contribution in [0, 0.1) is 0 Å². The zero-order valence-electron chi connectivity index (χ0n) is 32.1. The number of rotatable bonds is 20. The molecular formula is C39H57N7O7. The van der Waals surface area contributed by atoms with Crippen molar-refractivity contribution in [3.05, 3.63) is 78.1 Å². The Morgan fingerprint density at radius 3 is 2.23 bits per heavy atom. The lowest BCUT2D eigenvalue weighted by molar-refractivity contribution is -0.179. The van der Waals surface area contributed by atoms with E-state index in [1.807, 2.05) is 84.0 Å². The Balaban J connectivity index is 1.85. The van der Waals surface area contributed by atoms with E-state index >= 15 is 0 Å². The first kappa shape index (κ1) is 42.6. The van der Waals surface area contributed by atoms with E-state index in [2.05, 4.69) is 21.0 Å². The fourth-order valence-corrected chi connectivity index (χ4v) is 6.02. The first-order valence-electron chi connectivity index (χ1n) is 18.2. The molecule has 3 aromatic rings. The van der Waals surface area contributed by atoms with E-state index in [0.717, 1.165) is 21.9 Å². The summed E-state index contributed by atoms with van der Waals surface area (Å²) in [4.78, 5) is 59.8. The third-order valence-corrected chi connectivity index (χ3v) is 8.73. The highest BCUT2D eigenvalue weighted by atomic mass is 16.7. The van der Waals surface area contributed by atoms with Crippen molar-refractivity contribution >= 4 is 34.7 Å². The van der Waals surface area contributed by atoms with Crippen molar-refractivity contribution in [3.8, 4) is 0 Å². The minimum atomic E-state index is -1.02. The zero-order valence-corrected chi connectivity index (χ0v) is 32.1. The van der Waals surface area contributed by atoms with Crippen molar-refractivity contribution in [1.82, 2.24) is 35.9 Å². The van der Waals surface area contributed by atoms with Gasteiger partial charge < -0.3 is 35.0 Å². The molecule has 0 aliphatic heterocycles. The summed E-state index contributed by atoms with van der Waals surface area (Å²) < 4.78 is 11.9. The van der Waals surface area contributed by atoms with Crippen LogP contribution in [0.15, 0.2) is 67.0 Å². The average molecular weight is 736 g/mol. The number of hydrazine groups is 1. The number of hydrogen-bond acceptors (Lipinski definition) is 8. The first-order chi connectivity index (χ1) is 25.2. The minimum Gasteiger partial charge on any atom is -0.465 e. The van der Waals surface area contributed by atoms with E-state index < -0.39 is 41.9 Å². The third-order valence-electron chi connectivity index (χ3n) is 8.73. The molecule has 3 rings (SSSR count). The lowest BCUT2D eigenvalue weighted by Gasteiger charge is -2.37. The molecule has 0 aliphatic carbocycles. The van der Waals surface area contributed by atoms with E-state index in [9.17, 15) is 24.3 Å². The van der Waals surface area contributed by atoms with Gasteiger partial charge in [0.15, 0.2) is 6.29 Å². The summed E-state index contributed by atoms with van der Waals surface area (Å²) in [5, 5.41) is 18.8. The van der Waals surface area contributed by atoms with E-state index in [4.69, 9.17) is 9.47 Å². The standard InChI is InChI=1S/C39H57N7O7/c1-8-52-36(53-9-2)28(3)45(26-31-17-14-16-30-15-10-11-18-32(30)31)35(48)33(19-12-13-24-46(38(50)51)39(4,5)6)42-34(47)27-44(7)43-37(49)41-25-29-20-22-40-23-21-29/h10-11,14-18,20-23,28,33,36H,8-9,12-13,19,24-27H2,1-7H3,(H,42,47)(H,50,51)(H2,41,43,49)/t28-,33-/m0/s1. The monoisotopic (exact) mass is 735 g/mol. The predicted octanol–water partition coefficient (Wildman–Crippen LogP) is 5.13. The number of fused-ring (bicyclic) bond motifs is 1. The fourth-order valence-electron chi connectivity index (χ4n) is 6.02. The number of carbonyl (C=O) groups excluding carboxylic acids is 3. The van der Waals surface area contributed by atoms with E-state index in [-0.39, 0.29) is 38.5 Å². The number of urea groups is 1. The molecule has 0 bridgehead atoms. The fraction of sp³-hybridized carbons (Fsp3) is 0.513. The molecule has 1 heterocycles. The number of amides is 5. The van der Waals surface area contributed by atoms with Gasteiger partial charge in [-0.05, 0) is 94.8 Å². The second-order valence-corrected chi connectivity index (χ2v) is 13.9. The largest absolute Gasteiger partial charge is 0.465 e. The smallest absolute Gasteiger partial charge is 0.407 e. The number of nitrogens with zero attached hydrogens (tertiary/aromatic N) is 4. The normalized spacial score (nSPS) is 12.7. The van der Waals surface area contributed by atoms with Crippen molar-refractivity contribution < 1.29 is 33.8 Å². The maximum Gasteiger partial charge on any atom is 0.407 e. The van der Waals surface area contributed by atoms with Crippen LogP contribution in [-0.2, 0) is 32.2 Å². The van der Waals surface area contributed by atoms with Crippen molar-refractivity contribution in [1.29, 1.82) is 0 Å². The van der Waals surface area contributed by atoms with Crippen LogP contribution >= 0.6 is 0 Å². The van der Waals surface area contributed by atoms with Gasteiger partial charge in [-0.1, -0.05) is 42.5 Å². The zero-order chi connectivity index (χ0) is 39.0. The van der Waals surface area contributed by atoms with E-state index in [1.165, 1.54) is 9.91 Å². The van der Waals surface area contributed by atoms with E-state index in [0.29, 0.717) is 26.1 Å². The maximum atomic E-state index is 14.8. The van der Waals surface area contributed by atoms with Crippen LogP contribution in [0.1, 0.15) is 71.9 Å². The third kappa shape index (κ3) is 13.6. The lowest BCUT2D eigenvalue weighted by atomic mass is 10.0. The van der Waals surface area contributed by atoms with Crippen LogP contribution < -0.4 is 16.1 Å². The van der Waals surface area contributed by atoms with Crippen LogP contribution in [0.2, 0.25) is 0 Å². The molecule has 4 N–H and O–H groups in total. The molecule has 0 radical (unpaired) electrons. The highest BCUT2D eigenvalue weighted by Gasteiger charge is 2.34. The van der Waals surface area contributed by atoms with Gasteiger partial charge in [0.25, 0.3) is 0 Å². The summed E-state index contributed by atoms with van der Waals surface area (Å²) >= 11 is 0. The molecule has 2 atom stereocenters. The topological polar surface area (TPSA) is 166 Å². The quantitative estimate of drug-likeness (QED) is 0.0700. The second kappa shape index (κ2) is 21.0. The predicted molar refractivity (Wildman–Crippen MR) is 204 cm³/mol. The Hall–Kier alpha value is -4.79. The molecule has 0 saturated heterocycles. The van der Waals surface area contributed by atoms with Gasteiger partial charge in [0.1, 0.15) is 6.04 Å². The van der Waals surface area contributed by atoms with E-state index in [1.54, 1.807) is 36.5 Å². The Morgan fingerprint density at radius 1 is 0.925 bits per heavy atom. The van der Waals surface area contributed by atoms with Crippen LogP contribution in [-0.4, -0.2) is 106 Å². The Morgan fingerprint density at radius 2 is 1.58 bits per heavy atom. The van der Waals surface area contributed by atoms with Crippen molar-refractivity contribution in [2.24, 2.45) is 0 Å². The minimum absolute atomic E-state index is 0.223. The summed E-state index contributed by atoms with van der Waals surface area (Å²) in [5.41, 5.74) is 3.81. The SMILES string of the molecule is CCOC(OCC)[C@H](C)N(Cc1cccc2ccccc12)C(=O)[C@H](CCCCN(C(=O)O)C(C)(C)C)NC(=O)CN(C)NC(=O)NCc1ccncc1. The molecule has 0 unspecified atom stereocenters. The molecule has 0 spiro atoms. The van der Waals surface area contributed by atoms with Crippen LogP contribution in [0.25, 0.3) is 10.8 Å². The summed E-state index contributed by atoms with van der Waals surface area (Å²) in [7, 11) is 1.55. The molecule has 0 fully saturated rings. The average Bonchev–Trinajstić information content (AvgIpc) is 3.11. The number of carboxylic acid groups (broad SMARTS) is 1. The number of ether oxygens (including phenoxy) is 2. The summed E-state index contributed by atoms with van der Waals surface area (Å²) in [6.07, 6.45) is 2.70. The summed E-state index contributed by atoms with van der Waals surface area (Å²) in [5.74, 6) is -0.814. The molecule has 14 nitrogen and oxygen atoms in total. The highest BCUT2D eigenvalue weighted by Crippen LogP contribution is 2.24. The number of likely N-dealkylation sites (N-methyl/N-ethyl adjacent to an activating group) is 1. The second-order valence-electron chi connectivity index (χ2n) is 13.9. The van der Waals surface area contributed by atoms with Crippen LogP contribution in [0.5, 0.6) is 0 Å². The molecule has 14 heteroatoms. The molecule has 0 saturated carbocycles. The van der Waals surface area contributed by atoms with Crippen molar-refractivity contribution in [2.45, 2.75) is 97.8 Å². The maximum absolute atomic E-state index is 14.8. The molecule has 0 aliphatic rings. The molecular weight excluding hydrogens is 678 g/mol. The Labute approximate surface area is 313 Å². The number of hydrogen-bond donors (Lipinski definition) is 4. The number of nitrogens with one attached hydrogen (secondary N) is 3. The van der Waals surface area contributed by atoms with Crippen molar-refractivity contribution in [3.63, 3.8) is 0 Å². The molecule has 1 aromatic heterocycles. The number of carbonyl (C=O) groups is 4. The van der Waals surface area contributed by atoms with Gasteiger partial charge in [-0.25, -0.2) is 14.6 Å². The molecule has 5 amide bonds. The van der Waals surface area contributed by atoms with Gasteiger partial charge in [-0.15, -0.1) is 0 Å². The van der Waals surface area contributed by atoms with Crippen LogP contribution in [0.3, 0.4) is 0 Å². The first-order valence-corrected chi connectivity index (χ1v) is 18.2. The molecule has 53 heavy (non-hydrogen) atoms. The number of pyridine rings is 1. The van der Waals surface area contributed by atoms with Gasteiger partial charge in [0, 0.05) is 57.8 Å². The van der Waals surface area contributed by atoms with Gasteiger partial charge >= 0.3 is 12.1 Å². The number of benzene rings is 2. The van der Waals surface area contributed by atoms with Gasteiger partial charge in [-0.3, -0.25) is 20.0 Å². The van der Waals surface area contributed by atoms with Crippen LogP contribution in [0.4, 0.5) is 9.59 Å². The summed E-state index contributed by atoms with van der Waals surface area (Å²) in [6.45, 7) is 12.4. The number of aromatic nitrogens is 1. The molecule has 2 aromatic carbocycles. The molecule has 290 valence electrons. The van der Waals surface area contributed by atoms with Gasteiger partial charge in [-0.2, -0.15) is 0 Å². The lowest BCUT2D eigenvalue weighted by Crippen LogP contribution is -2.56. The number of unbranched alkanes of at least 4 members (excludes halogenated alkanes) is 1.